The van der Waals surface area contributed by atoms with Gasteiger partial charge in [0.25, 0.3) is 10.0 Å². The van der Waals surface area contributed by atoms with E-state index in [9.17, 15) is 22.7 Å². The van der Waals surface area contributed by atoms with E-state index in [2.05, 4.69) is 4.72 Å². The Labute approximate surface area is 151 Å². The molecule has 0 aliphatic rings. The smallest absolute Gasteiger partial charge is 0.341 e. The predicted molar refractivity (Wildman–Crippen MR) is 95.8 cm³/mol. The number of anilines is 1. The van der Waals surface area contributed by atoms with E-state index in [-0.39, 0.29) is 23.6 Å². The van der Waals surface area contributed by atoms with Crippen molar-refractivity contribution in [2.45, 2.75) is 31.6 Å². The van der Waals surface area contributed by atoms with E-state index < -0.39 is 26.7 Å². The summed E-state index contributed by atoms with van der Waals surface area (Å²) in [6.07, 6.45) is 1.17. The van der Waals surface area contributed by atoms with Crippen LogP contribution in [-0.2, 0) is 16.4 Å². The molecule has 0 aliphatic heterocycles. The fraction of sp³-hybridized carbons (Fsp3) is 0.278. The lowest BCUT2D eigenvalue weighted by Crippen LogP contribution is -2.18. The molecule has 0 radical (unpaired) electrons. The molecule has 0 spiro atoms. The number of hydrogen-bond donors (Lipinski definition) is 2. The Bertz CT molecular complexity index is 912. The zero-order valence-corrected chi connectivity index (χ0v) is 15.3. The SMILES string of the molecule is CCCOc1c(CC)ccc(NS(=O)(=O)c2ccccc2F)c1C(=O)O. The zero-order valence-electron chi connectivity index (χ0n) is 14.5. The molecule has 0 fully saturated rings. The van der Waals surface area contributed by atoms with Crippen LogP contribution in [0.5, 0.6) is 5.75 Å². The molecule has 26 heavy (non-hydrogen) atoms. The molecule has 0 amide bonds. The Balaban J connectivity index is 2.56. The van der Waals surface area contributed by atoms with Crippen LogP contribution in [0.4, 0.5) is 10.1 Å². The minimum absolute atomic E-state index is 0.121. The van der Waals surface area contributed by atoms with Crippen molar-refractivity contribution in [3.63, 3.8) is 0 Å². The summed E-state index contributed by atoms with van der Waals surface area (Å²) in [4.78, 5) is 11.2. The Morgan fingerprint density at radius 2 is 1.88 bits per heavy atom. The summed E-state index contributed by atoms with van der Waals surface area (Å²) in [6.45, 7) is 4.00. The lowest BCUT2D eigenvalue weighted by Gasteiger charge is -2.17. The first kappa shape index (κ1) is 19.7. The van der Waals surface area contributed by atoms with Crippen molar-refractivity contribution < 1.29 is 27.4 Å². The van der Waals surface area contributed by atoms with Gasteiger partial charge in [-0.25, -0.2) is 17.6 Å². The number of aryl methyl sites for hydroxylation is 1. The maximum Gasteiger partial charge on any atom is 0.341 e. The lowest BCUT2D eigenvalue weighted by molar-refractivity contribution is 0.0693. The number of carbonyl (C=O) groups is 1. The quantitative estimate of drug-likeness (QED) is 0.728. The van der Waals surface area contributed by atoms with Gasteiger partial charge in [0.1, 0.15) is 22.0 Å². The average molecular weight is 381 g/mol. The van der Waals surface area contributed by atoms with Gasteiger partial charge >= 0.3 is 5.97 Å². The second-order valence-corrected chi connectivity index (χ2v) is 7.17. The van der Waals surface area contributed by atoms with Crippen LogP contribution in [0.25, 0.3) is 0 Å². The first-order valence-corrected chi connectivity index (χ1v) is 9.59. The standard InChI is InChI=1S/C18H20FNO5S/c1-3-11-25-17-12(4-2)9-10-14(16(17)18(21)22)20-26(23,24)15-8-6-5-7-13(15)19/h5-10,20H,3-4,11H2,1-2H3,(H,21,22). The van der Waals surface area contributed by atoms with Crippen LogP contribution in [0.15, 0.2) is 41.3 Å². The lowest BCUT2D eigenvalue weighted by atomic mass is 10.0. The van der Waals surface area contributed by atoms with Crippen LogP contribution in [0, 0.1) is 5.82 Å². The van der Waals surface area contributed by atoms with E-state index in [1.165, 1.54) is 18.2 Å². The number of carboxylic acids is 1. The van der Waals surface area contributed by atoms with Gasteiger partial charge in [-0.3, -0.25) is 4.72 Å². The Morgan fingerprint density at radius 3 is 2.46 bits per heavy atom. The van der Waals surface area contributed by atoms with Gasteiger partial charge in [-0.2, -0.15) is 0 Å². The van der Waals surface area contributed by atoms with Crippen LogP contribution >= 0.6 is 0 Å². The Hall–Kier alpha value is -2.61. The summed E-state index contributed by atoms with van der Waals surface area (Å²) in [5.74, 6) is -2.14. The highest BCUT2D eigenvalue weighted by atomic mass is 32.2. The predicted octanol–water partition coefficient (Wildman–Crippen LogP) is 3.68. The molecular weight excluding hydrogens is 361 g/mol. The maximum absolute atomic E-state index is 13.9. The second-order valence-electron chi connectivity index (χ2n) is 5.52. The molecule has 0 heterocycles. The van der Waals surface area contributed by atoms with Crippen molar-refractivity contribution in [3.8, 4) is 5.75 Å². The van der Waals surface area contributed by atoms with Crippen LogP contribution in [0.2, 0.25) is 0 Å². The Kier molecular flexibility index (Phi) is 6.20. The normalized spacial score (nSPS) is 11.2. The number of benzene rings is 2. The van der Waals surface area contributed by atoms with Crippen molar-refractivity contribution >= 4 is 21.7 Å². The van der Waals surface area contributed by atoms with E-state index in [1.54, 1.807) is 6.07 Å². The number of sulfonamides is 1. The molecule has 0 saturated carbocycles. The Morgan fingerprint density at radius 1 is 1.19 bits per heavy atom. The third-order valence-electron chi connectivity index (χ3n) is 3.66. The van der Waals surface area contributed by atoms with Gasteiger partial charge in [0.2, 0.25) is 0 Å². The van der Waals surface area contributed by atoms with Gasteiger partial charge in [0, 0.05) is 0 Å². The first-order valence-electron chi connectivity index (χ1n) is 8.11. The molecule has 0 saturated heterocycles. The molecule has 2 aromatic rings. The topological polar surface area (TPSA) is 92.7 Å². The number of carboxylic acid groups (broad SMARTS) is 1. The van der Waals surface area contributed by atoms with Gasteiger partial charge in [0.15, 0.2) is 0 Å². The summed E-state index contributed by atoms with van der Waals surface area (Å²) < 4.78 is 46.6. The van der Waals surface area contributed by atoms with E-state index in [1.807, 2.05) is 13.8 Å². The number of ether oxygens (including phenoxy) is 1. The first-order chi connectivity index (χ1) is 12.3. The number of halogens is 1. The molecule has 0 bridgehead atoms. The molecule has 8 heteroatoms. The number of nitrogens with one attached hydrogen (secondary N) is 1. The zero-order chi connectivity index (χ0) is 19.3. The van der Waals surface area contributed by atoms with Crippen LogP contribution in [0.3, 0.4) is 0 Å². The fourth-order valence-electron chi connectivity index (χ4n) is 2.43. The van der Waals surface area contributed by atoms with Crippen LogP contribution < -0.4 is 9.46 Å². The number of hydrogen-bond acceptors (Lipinski definition) is 4. The van der Waals surface area contributed by atoms with Crippen molar-refractivity contribution in [1.82, 2.24) is 0 Å². The number of aromatic carboxylic acids is 1. The largest absolute Gasteiger partial charge is 0.492 e. The van der Waals surface area contributed by atoms with Crippen molar-refractivity contribution in [3.05, 3.63) is 53.3 Å². The summed E-state index contributed by atoms with van der Waals surface area (Å²) in [7, 11) is -4.30. The molecule has 140 valence electrons. The van der Waals surface area contributed by atoms with E-state index in [4.69, 9.17) is 4.74 Å². The highest BCUT2D eigenvalue weighted by molar-refractivity contribution is 7.92. The molecule has 0 atom stereocenters. The van der Waals surface area contributed by atoms with Crippen molar-refractivity contribution in [2.24, 2.45) is 0 Å². The monoisotopic (exact) mass is 381 g/mol. The summed E-state index contributed by atoms with van der Waals surface area (Å²) in [6, 6.07) is 7.81. The molecular formula is C18H20FNO5S. The van der Waals surface area contributed by atoms with E-state index in [0.717, 1.165) is 12.1 Å². The highest BCUT2D eigenvalue weighted by Crippen LogP contribution is 2.33. The summed E-state index contributed by atoms with van der Waals surface area (Å²) in [5, 5.41) is 9.60. The molecule has 2 rings (SSSR count). The third-order valence-corrected chi connectivity index (χ3v) is 5.05. The van der Waals surface area contributed by atoms with Gasteiger partial charge in [-0.1, -0.05) is 32.0 Å². The third kappa shape index (κ3) is 4.13. The molecule has 0 aliphatic carbocycles. The van der Waals surface area contributed by atoms with Gasteiger partial charge < -0.3 is 9.84 Å². The van der Waals surface area contributed by atoms with Gasteiger partial charge in [-0.05, 0) is 36.6 Å². The van der Waals surface area contributed by atoms with Crippen LogP contribution in [-0.4, -0.2) is 26.1 Å². The minimum Gasteiger partial charge on any atom is -0.492 e. The van der Waals surface area contributed by atoms with E-state index >= 15 is 0 Å². The highest BCUT2D eigenvalue weighted by Gasteiger charge is 2.25. The summed E-state index contributed by atoms with van der Waals surface area (Å²) >= 11 is 0. The maximum atomic E-state index is 13.9. The minimum atomic E-state index is -4.30. The average Bonchev–Trinajstić information content (AvgIpc) is 2.59. The molecule has 2 N–H and O–H groups in total. The molecule has 0 aromatic heterocycles. The molecule has 0 unspecified atom stereocenters. The van der Waals surface area contributed by atoms with Gasteiger partial charge in [0.05, 0.1) is 12.3 Å². The van der Waals surface area contributed by atoms with Crippen molar-refractivity contribution in [2.75, 3.05) is 11.3 Å². The van der Waals surface area contributed by atoms with E-state index in [0.29, 0.717) is 18.4 Å². The van der Waals surface area contributed by atoms with Crippen LogP contribution in [0.1, 0.15) is 36.2 Å². The summed E-state index contributed by atoms with van der Waals surface area (Å²) in [5.41, 5.74) is 0.173. The molecule has 2 aromatic carbocycles. The fourth-order valence-corrected chi connectivity index (χ4v) is 3.59. The van der Waals surface area contributed by atoms with Gasteiger partial charge in [-0.15, -0.1) is 0 Å². The molecule has 6 nitrogen and oxygen atoms in total. The van der Waals surface area contributed by atoms with Crippen molar-refractivity contribution in [1.29, 1.82) is 0 Å². The number of rotatable bonds is 8. The second kappa shape index (κ2) is 8.18.